The summed E-state index contributed by atoms with van der Waals surface area (Å²) in [6.45, 7) is 8.49. The highest BCUT2D eigenvalue weighted by atomic mass is 32.1. The molecule has 1 aliphatic rings. The number of likely N-dealkylation sites (tertiary alicyclic amines) is 1. The van der Waals surface area contributed by atoms with Crippen molar-refractivity contribution in [2.24, 2.45) is 0 Å². The average molecular weight is 378 g/mol. The van der Waals surface area contributed by atoms with E-state index in [0.717, 1.165) is 24.2 Å². The molecule has 1 saturated heterocycles. The molecule has 0 aliphatic carbocycles. The van der Waals surface area contributed by atoms with Crippen LogP contribution >= 0.6 is 11.3 Å². The molecule has 142 valence electrons. The number of carbonyl (C=O) groups is 2. The van der Waals surface area contributed by atoms with Gasteiger partial charge in [-0.15, -0.1) is 11.3 Å². The molecule has 0 spiro atoms. The Morgan fingerprint density at radius 2 is 2.15 bits per heavy atom. The van der Waals surface area contributed by atoms with E-state index in [9.17, 15) is 9.59 Å². The Hall–Kier alpha value is -2.09. The van der Waals surface area contributed by atoms with E-state index in [0.29, 0.717) is 24.5 Å². The van der Waals surface area contributed by atoms with E-state index in [1.165, 1.54) is 11.3 Å². The predicted octanol–water partition coefficient (Wildman–Crippen LogP) is 3.22. The van der Waals surface area contributed by atoms with Gasteiger partial charge in [-0.3, -0.25) is 9.20 Å². The van der Waals surface area contributed by atoms with Crippen molar-refractivity contribution in [1.82, 2.24) is 19.6 Å². The maximum atomic E-state index is 12.7. The Morgan fingerprint density at radius 3 is 2.88 bits per heavy atom. The molecule has 8 heteroatoms. The quantitative estimate of drug-likeness (QED) is 0.890. The number of imidazole rings is 1. The van der Waals surface area contributed by atoms with Crippen LogP contribution in [-0.4, -0.2) is 51.0 Å². The summed E-state index contributed by atoms with van der Waals surface area (Å²) in [6.07, 6.45) is 4.40. The normalized spacial score (nSPS) is 18.2. The lowest BCUT2D eigenvalue weighted by atomic mass is 10.0. The second-order valence-electron chi connectivity index (χ2n) is 7.63. The molecule has 1 aliphatic heterocycles. The van der Waals surface area contributed by atoms with Crippen molar-refractivity contribution >= 4 is 28.3 Å². The molecule has 0 aromatic carbocycles. The van der Waals surface area contributed by atoms with Crippen LogP contribution in [0.5, 0.6) is 0 Å². The number of nitrogens with zero attached hydrogens (tertiary/aromatic N) is 3. The van der Waals surface area contributed by atoms with Crippen molar-refractivity contribution < 1.29 is 14.3 Å². The van der Waals surface area contributed by atoms with Crippen molar-refractivity contribution in [1.29, 1.82) is 0 Å². The van der Waals surface area contributed by atoms with Gasteiger partial charge in [-0.25, -0.2) is 9.78 Å². The molecule has 7 nitrogen and oxygen atoms in total. The first-order chi connectivity index (χ1) is 12.3. The topological polar surface area (TPSA) is 75.9 Å². The molecule has 1 unspecified atom stereocenters. The maximum absolute atomic E-state index is 12.7. The summed E-state index contributed by atoms with van der Waals surface area (Å²) in [6, 6.07) is -0.0475. The fourth-order valence-electron chi connectivity index (χ4n) is 3.24. The number of thiazole rings is 1. The lowest BCUT2D eigenvalue weighted by molar-refractivity contribution is 0.00985. The largest absolute Gasteiger partial charge is 0.444 e. The number of nitrogens with one attached hydrogen (secondary N) is 1. The first-order valence-electron chi connectivity index (χ1n) is 8.96. The van der Waals surface area contributed by atoms with Crippen molar-refractivity contribution in [3.05, 3.63) is 23.0 Å². The van der Waals surface area contributed by atoms with E-state index in [2.05, 4.69) is 10.3 Å². The Labute approximate surface area is 157 Å². The molecule has 0 saturated carbocycles. The number of ether oxygens (including phenoxy) is 1. The minimum atomic E-state index is -0.526. The lowest BCUT2D eigenvalue weighted by Crippen LogP contribution is -2.50. The second-order valence-corrected chi connectivity index (χ2v) is 8.51. The van der Waals surface area contributed by atoms with Gasteiger partial charge in [0.15, 0.2) is 4.96 Å². The standard InChI is InChI=1S/C18H26N4O3S/c1-12-14(22-9-10-26-16(22)20-12)15(23)19-11-13-7-5-6-8-21(13)17(24)25-18(2,3)4/h9-10,13H,5-8,11H2,1-4H3,(H,19,23). The summed E-state index contributed by atoms with van der Waals surface area (Å²) >= 11 is 1.50. The lowest BCUT2D eigenvalue weighted by Gasteiger charge is -2.36. The molecule has 1 atom stereocenters. The van der Waals surface area contributed by atoms with Crippen LogP contribution in [0.3, 0.4) is 0 Å². The smallest absolute Gasteiger partial charge is 0.410 e. The number of rotatable bonds is 3. The highest BCUT2D eigenvalue weighted by Crippen LogP contribution is 2.21. The molecule has 2 amide bonds. The summed E-state index contributed by atoms with van der Waals surface area (Å²) in [4.78, 5) is 32.1. The van der Waals surface area contributed by atoms with Crippen LogP contribution in [0.2, 0.25) is 0 Å². The van der Waals surface area contributed by atoms with E-state index >= 15 is 0 Å². The van der Waals surface area contributed by atoms with Gasteiger partial charge < -0.3 is 15.0 Å². The van der Waals surface area contributed by atoms with Crippen molar-refractivity contribution in [3.8, 4) is 0 Å². The third-order valence-electron chi connectivity index (χ3n) is 4.40. The Balaban J connectivity index is 1.67. The summed E-state index contributed by atoms with van der Waals surface area (Å²) in [5.41, 5.74) is 0.740. The van der Waals surface area contributed by atoms with Crippen molar-refractivity contribution in [2.45, 2.75) is 58.6 Å². The molecule has 3 rings (SSSR count). The molecular formula is C18H26N4O3S. The molecule has 1 fully saturated rings. The number of fused-ring (bicyclic) bond motifs is 1. The zero-order valence-electron chi connectivity index (χ0n) is 15.7. The fourth-order valence-corrected chi connectivity index (χ4v) is 4.00. The zero-order chi connectivity index (χ0) is 18.9. The van der Waals surface area contributed by atoms with Gasteiger partial charge in [-0.1, -0.05) is 0 Å². The Morgan fingerprint density at radius 1 is 1.38 bits per heavy atom. The molecule has 2 aromatic heterocycles. The maximum Gasteiger partial charge on any atom is 0.410 e. The number of hydrogen-bond acceptors (Lipinski definition) is 5. The van der Waals surface area contributed by atoms with E-state index in [4.69, 9.17) is 4.74 Å². The van der Waals surface area contributed by atoms with Crippen molar-refractivity contribution in [2.75, 3.05) is 13.1 Å². The summed E-state index contributed by atoms with van der Waals surface area (Å²) in [5, 5.41) is 4.89. The Kier molecular flexibility index (Phi) is 5.22. The van der Waals surface area contributed by atoms with Crippen LogP contribution in [0.25, 0.3) is 4.96 Å². The first kappa shape index (κ1) is 18.7. The average Bonchev–Trinajstić information content (AvgIpc) is 3.11. The third-order valence-corrected chi connectivity index (χ3v) is 5.16. The van der Waals surface area contributed by atoms with Gasteiger partial charge in [-0.05, 0) is 47.0 Å². The van der Waals surface area contributed by atoms with Crippen molar-refractivity contribution in [3.63, 3.8) is 0 Å². The van der Waals surface area contributed by atoms with Gasteiger partial charge in [0.2, 0.25) is 0 Å². The molecule has 0 bridgehead atoms. The number of carbonyl (C=O) groups excluding carboxylic acids is 2. The highest BCUT2D eigenvalue weighted by Gasteiger charge is 2.31. The van der Waals surface area contributed by atoms with E-state index in [1.807, 2.05) is 43.7 Å². The minimum Gasteiger partial charge on any atom is -0.444 e. The third kappa shape index (κ3) is 4.00. The number of aromatic nitrogens is 2. The van der Waals surface area contributed by atoms with Gasteiger partial charge in [0, 0.05) is 24.7 Å². The minimum absolute atomic E-state index is 0.0475. The van der Waals surface area contributed by atoms with Gasteiger partial charge in [0.25, 0.3) is 5.91 Å². The second kappa shape index (κ2) is 7.26. The van der Waals surface area contributed by atoms with Crippen LogP contribution in [0.4, 0.5) is 4.79 Å². The zero-order valence-corrected chi connectivity index (χ0v) is 16.6. The van der Waals surface area contributed by atoms with E-state index in [1.54, 1.807) is 4.90 Å². The van der Waals surface area contributed by atoms with Gasteiger partial charge in [-0.2, -0.15) is 0 Å². The van der Waals surface area contributed by atoms with Crippen LogP contribution < -0.4 is 5.32 Å². The molecule has 3 heterocycles. The van der Waals surface area contributed by atoms with Gasteiger partial charge >= 0.3 is 6.09 Å². The predicted molar refractivity (Wildman–Crippen MR) is 101 cm³/mol. The molecule has 2 aromatic rings. The molecule has 0 radical (unpaired) electrons. The van der Waals surface area contributed by atoms with E-state index in [-0.39, 0.29) is 18.0 Å². The monoisotopic (exact) mass is 378 g/mol. The highest BCUT2D eigenvalue weighted by molar-refractivity contribution is 7.15. The first-order valence-corrected chi connectivity index (χ1v) is 9.84. The number of piperidine rings is 1. The van der Waals surface area contributed by atoms with E-state index < -0.39 is 5.60 Å². The van der Waals surface area contributed by atoms with Crippen LogP contribution in [0.1, 0.15) is 56.2 Å². The number of amides is 2. The van der Waals surface area contributed by atoms with Crippen LogP contribution in [0, 0.1) is 6.92 Å². The molecule has 1 N–H and O–H groups in total. The molecular weight excluding hydrogens is 352 g/mol. The van der Waals surface area contributed by atoms with Gasteiger partial charge in [0.1, 0.15) is 11.3 Å². The van der Waals surface area contributed by atoms with Crippen LogP contribution in [0.15, 0.2) is 11.6 Å². The number of hydrogen-bond donors (Lipinski definition) is 1. The SMILES string of the molecule is Cc1nc2sccn2c1C(=O)NCC1CCCCN1C(=O)OC(C)(C)C. The summed E-state index contributed by atoms with van der Waals surface area (Å²) in [7, 11) is 0. The Bertz CT molecular complexity index is 805. The molecule has 26 heavy (non-hydrogen) atoms. The number of aryl methyl sites for hydroxylation is 1. The van der Waals surface area contributed by atoms with Crippen LogP contribution in [-0.2, 0) is 4.74 Å². The van der Waals surface area contributed by atoms with Gasteiger partial charge in [0.05, 0.1) is 11.7 Å². The summed E-state index contributed by atoms with van der Waals surface area (Å²) in [5.74, 6) is -0.164. The summed E-state index contributed by atoms with van der Waals surface area (Å²) < 4.78 is 7.32. The fraction of sp³-hybridized carbons (Fsp3) is 0.611.